The molecule has 2 heterocycles. The molecule has 0 saturated carbocycles. The molecule has 2 N–H and O–H groups in total. The summed E-state index contributed by atoms with van der Waals surface area (Å²) >= 11 is 9.57. The van der Waals surface area contributed by atoms with Crippen molar-refractivity contribution in [2.75, 3.05) is 30.0 Å². The monoisotopic (exact) mass is 722 g/mol. The number of likely N-dealkylation sites (tertiary alicyclic amines) is 1. The van der Waals surface area contributed by atoms with Crippen LogP contribution in [-0.2, 0) is 4.74 Å². The number of nitrogens with one attached hydrogen (secondary N) is 2. The normalized spacial score (nSPS) is 13.8. The number of nitrogens with zero attached hydrogens (tertiary/aromatic N) is 2. The summed E-state index contributed by atoms with van der Waals surface area (Å²) in [5.74, 6) is -0.0645. The van der Waals surface area contributed by atoms with Crippen LogP contribution in [-0.4, -0.2) is 58.8 Å². The summed E-state index contributed by atoms with van der Waals surface area (Å²) in [7, 11) is 0. The Morgan fingerprint density at radius 1 is 1.00 bits per heavy atom. The predicted molar refractivity (Wildman–Crippen MR) is 174 cm³/mol. The molecule has 1 aliphatic heterocycles. The standard InChI is InChI=1S/C30H32ClIN4O5S/c1-30(2,3)41-29(39)36-13-11-20(12-14-36)40-25-16-21(42-4)7-9-23(25)28(38)34-24-15-19(32)6-8-22(24)27(37)35-26-10-5-18(31)17-33-26/h5-10,15-17,20H,11-14H2,1-4H3,(H,34,38)(H,33,35,37). The van der Waals surface area contributed by atoms with E-state index in [-0.39, 0.29) is 17.8 Å². The zero-order valence-corrected chi connectivity index (χ0v) is 27.4. The summed E-state index contributed by atoms with van der Waals surface area (Å²) in [6.07, 6.45) is 4.07. The lowest BCUT2D eigenvalue weighted by Crippen LogP contribution is -2.44. The molecule has 3 aromatic rings. The third-order valence-electron chi connectivity index (χ3n) is 6.26. The van der Waals surface area contributed by atoms with E-state index in [1.165, 1.54) is 18.0 Å². The number of amides is 3. The number of aromatic nitrogens is 1. The highest BCUT2D eigenvalue weighted by Crippen LogP contribution is 2.30. The maximum atomic E-state index is 13.6. The highest BCUT2D eigenvalue weighted by molar-refractivity contribution is 14.1. The maximum Gasteiger partial charge on any atom is 0.410 e. The molecular formula is C30H32ClIN4O5S. The molecular weight excluding hydrogens is 691 g/mol. The average Bonchev–Trinajstić information content (AvgIpc) is 2.93. The van der Waals surface area contributed by atoms with Gasteiger partial charge >= 0.3 is 6.09 Å². The van der Waals surface area contributed by atoms with Gasteiger partial charge in [0.1, 0.15) is 23.3 Å². The van der Waals surface area contributed by atoms with Gasteiger partial charge < -0.3 is 25.0 Å². The van der Waals surface area contributed by atoms with Crippen molar-refractivity contribution in [3.8, 4) is 5.75 Å². The number of piperidine rings is 1. The number of pyridine rings is 1. The number of carbonyl (C=O) groups is 3. The van der Waals surface area contributed by atoms with Gasteiger partial charge in [-0.3, -0.25) is 9.59 Å². The van der Waals surface area contributed by atoms with Gasteiger partial charge in [-0.05, 0) is 98.1 Å². The zero-order valence-electron chi connectivity index (χ0n) is 23.7. The third-order valence-corrected chi connectivity index (χ3v) is 7.88. The van der Waals surface area contributed by atoms with E-state index in [4.69, 9.17) is 21.1 Å². The molecule has 0 aliphatic carbocycles. The third kappa shape index (κ3) is 8.74. The van der Waals surface area contributed by atoms with E-state index in [9.17, 15) is 14.4 Å². The first-order valence-corrected chi connectivity index (χ1v) is 16.0. The Hall–Kier alpha value is -3.03. The van der Waals surface area contributed by atoms with Gasteiger partial charge in [-0.15, -0.1) is 11.8 Å². The smallest absolute Gasteiger partial charge is 0.410 e. The molecule has 2 aromatic carbocycles. The molecule has 9 nitrogen and oxygen atoms in total. The molecule has 1 saturated heterocycles. The van der Waals surface area contributed by atoms with Crippen molar-refractivity contribution in [2.24, 2.45) is 0 Å². The van der Waals surface area contributed by atoms with Crippen molar-refractivity contribution in [1.82, 2.24) is 9.88 Å². The maximum absolute atomic E-state index is 13.6. The first kappa shape index (κ1) is 31.9. The van der Waals surface area contributed by atoms with Crippen LogP contribution in [0.15, 0.2) is 59.6 Å². The summed E-state index contributed by atoms with van der Waals surface area (Å²) in [5, 5.41) is 6.09. The molecule has 0 bridgehead atoms. The van der Waals surface area contributed by atoms with Crippen molar-refractivity contribution < 1.29 is 23.9 Å². The Balaban J connectivity index is 1.49. The van der Waals surface area contributed by atoms with Crippen LogP contribution >= 0.6 is 46.0 Å². The number of thioether (sulfide) groups is 1. The minimum absolute atomic E-state index is 0.182. The fourth-order valence-electron chi connectivity index (χ4n) is 4.22. The van der Waals surface area contributed by atoms with Crippen LogP contribution in [0, 0.1) is 3.57 Å². The molecule has 222 valence electrons. The molecule has 0 radical (unpaired) electrons. The number of carbonyl (C=O) groups excluding carboxylic acids is 3. The van der Waals surface area contributed by atoms with E-state index >= 15 is 0 Å². The van der Waals surface area contributed by atoms with Crippen molar-refractivity contribution >= 4 is 75.4 Å². The van der Waals surface area contributed by atoms with E-state index in [2.05, 4.69) is 38.2 Å². The second kappa shape index (κ2) is 14.0. The highest BCUT2D eigenvalue weighted by Gasteiger charge is 2.29. The second-order valence-electron chi connectivity index (χ2n) is 10.6. The lowest BCUT2D eigenvalue weighted by molar-refractivity contribution is 0.0126. The average molecular weight is 723 g/mol. The SMILES string of the molecule is CSc1ccc(C(=O)Nc2cc(I)ccc2C(=O)Nc2ccc(Cl)cn2)c(OC2CCN(C(=O)OC(C)(C)C)CC2)c1. The quantitative estimate of drug-likeness (QED) is 0.194. The molecule has 3 amide bonds. The van der Waals surface area contributed by atoms with Gasteiger partial charge in [0.15, 0.2) is 0 Å². The number of rotatable bonds is 7. The Morgan fingerprint density at radius 2 is 1.69 bits per heavy atom. The second-order valence-corrected chi connectivity index (χ2v) is 13.2. The Kier molecular flexibility index (Phi) is 10.6. The number of hydrogen-bond donors (Lipinski definition) is 2. The van der Waals surface area contributed by atoms with E-state index in [1.807, 2.05) is 39.2 Å². The largest absolute Gasteiger partial charge is 0.489 e. The predicted octanol–water partition coefficient (Wildman–Crippen LogP) is 7.34. The van der Waals surface area contributed by atoms with Gasteiger partial charge in [-0.2, -0.15) is 0 Å². The van der Waals surface area contributed by atoms with Crippen molar-refractivity contribution in [2.45, 2.75) is 50.2 Å². The molecule has 1 aromatic heterocycles. The Labute approximate surface area is 268 Å². The molecule has 1 fully saturated rings. The number of halogens is 2. The molecule has 0 unspecified atom stereocenters. The fourth-order valence-corrected chi connectivity index (χ4v) is 5.25. The number of benzene rings is 2. The van der Waals surface area contributed by atoms with Gasteiger partial charge in [0.05, 0.1) is 21.8 Å². The Morgan fingerprint density at radius 3 is 2.33 bits per heavy atom. The summed E-state index contributed by atoms with van der Waals surface area (Å²) < 4.78 is 12.7. The highest BCUT2D eigenvalue weighted by atomic mass is 127. The minimum Gasteiger partial charge on any atom is -0.489 e. The topological polar surface area (TPSA) is 110 Å². The van der Waals surface area contributed by atoms with Gasteiger partial charge in [0.2, 0.25) is 0 Å². The molecule has 0 spiro atoms. The van der Waals surface area contributed by atoms with Crippen LogP contribution in [0.3, 0.4) is 0 Å². The van der Waals surface area contributed by atoms with Crippen LogP contribution in [0.5, 0.6) is 5.75 Å². The number of anilines is 2. The van der Waals surface area contributed by atoms with Crippen LogP contribution in [0.1, 0.15) is 54.3 Å². The van der Waals surface area contributed by atoms with Crippen LogP contribution in [0.25, 0.3) is 0 Å². The summed E-state index contributed by atoms with van der Waals surface area (Å²) in [6.45, 7) is 6.51. The van der Waals surface area contributed by atoms with Crippen molar-refractivity contribution in [3.05, 3.63) is 74.4 Å². The molecule has 4 rings (SSSR count). The van der Waals surface area contributed by atoms with E-state index < -0.39 is 17.4 Å². The van der Waals surface area contributed by atoms with E-state index in [0.29, 0.717) is 53.8 Å². The van der Waals surface area contributed by atoms with E-state index in [1.54, 1.807) is 41.3 Å². The van der Waals surface area contributed by atoms with Crippen LogP contribution < -0.4 is 15.4 Å². The van der Waals surface area contributed by atoms with Gasteiger partial charge in [-0.25, -0.2) is 9.78 Å². The first-order valence-electron chi connectivity index (χ1n) is 13.3. The fraction of sp³-hybridized carbons (Fsp3) is 0.333. The lowest BCUT2D eigenvalue weighted by atomic mass is 10.1. The first-order chi connectivity index (χ1) is 19.9. The van der Waals surface area contributed by atoms with Crippen LogP contribution in [0.4, 0.5) is 16.3 Å². The van der Waals surface area contributed by atoms with E-state index in [0.717, 1.165) is 8.47 Å². The van der Waals surface area contributed by atoms with Gasteiger partial charge in [0.25, 0.3) is 11.8 Å². The number of ether oxygens (including phenoxy) is 2. The minimum atomic E-state index is -0.560. The van der Waals surface area contributed by atoms with Crippen molar-refractivity contribution in [3.63, 3.8) is 0 Å². The molecule has 1 aliphatic rings. The molecule has 0 atom stereocenters. The summed E-state index contributed by atoms with van der Waals surface area (Å²) in [5.41, 5.74) is 0.406. The van der Waals surface area contributed by atoms with Crippen LogP contribution in [0.2, 0.25) is 5.02 Å². The number of hydrogen-bond acceptors (Lipinski definition) is 7. The van der Waals surface area contributed by atoms with Gasteiger partial charge in [0, 0.05) is 40.6 Å². The van der Waals surface area contributed by atoms with Gasteiger partial charge in [-0.1, -0.05) is 11.6 Å². The Bertz CT molecular complexity index is 1460. The summed E-state index contributed by atoms with van der Waals surface area (Å²) in [6, 6.07) is 13.8. The molecule has 42 heavy (non-hydrogen) atoms. The lowest BCUT2D eigenvalue weighted by Gasteiger charge is -2.33. The summed E-state index contributed by atoms with van der Waals surface area (Å²) in [4.78, 5) is 45.9. The van der Waals surface area contributed by atoms with Crippen molar-refractivity contribution in [1.29, 1.82) is 0 Å². The zero-order chi connectivity index (χ0) is 30.4. The molecule has 12 heteroatoms.